The third-order valence-corrected chi connectivity index (χ3v) is 4.59. The monoisotopic (exact) mass is 289 g/mol. The molecule has 1 amide bonds. The number of carboxylic acid groups (broad SMARTS) is 1. The van der Waals surface area contributed by atoms with E-state index in [1.165, 1.54) is 0 Å². The predicted molar refractivity (Wildman–Crippen MR) is 82.5 cm³/mol. The van der Waals surface area contributed by atoms with Crippen LogP contribution in [0.15, 0.2) is 18.2 Å². The molecule has 1 aliphatic rings. The number of aliphatic carboxylic acids is 1. The third kappa shape index (κ3) is 3.09. The van der Waals surface area contributed by atoms with E-state index in [4.69, 9.17) is 0 Å². The Morgan fingerprint density at radius 1 is 1.24 bits per heavy atom. The molecule has 0 heterocycles. The maximum atomic E-state index is 12.5. The first-order valence-corrected chi connectivity index (χ1v) is 7.43. The summed E-state index contributed by atoms with van der Waals surface area (Å²) in [5.41, 5.74) is 2.17. The van der Waals surface area contributed by atoms with Crippen molar-refractivity contribution >= 4 is 17.6 Å². The van der Waals surface area contributed by atoms with Crippen LogP contribution in [0.25, 0.3) is 0 Å². The van der Waals surface area contributed by atoms with Crippen LogP contribution in [-0.2, 0) is 9.59 Å². The molecule has 0 aliphatic heterocycles. The van der Waals surface area contributed by atoms with Crippen molar-refractivity contribution in [3.05, 3.63) is 29.3 Å². The molecule has 0 spiro atoms. The number of carbonyl (C=O) groups excluding carboxylic acids is 1. The van der Waals surface area contributed by atoms with E-state index in [-0.39, 0.29) is 12.3 Å². The zero-order valence-electron chi connectivity index (χ0n) is 13.0. The van der Waals surface area contributed by atoms with Crippen molar-refractivity contribution in [3.63, 3.8) is 0 Å². The lowest BCUT2D eigenvalue weighted by Gasteiger charge is -2.27. The highest BCUT2D eigenvalue weighted by Crippen LogP contribution is 2.42. The Morgan fingerprint density at radius 3 is 2.38 bits per heavy atom. The van der Waals surface area contributed by atoms with E-state index in [0.29, 0.717) is 12.8 Å². The molecule has 1 aromatic rings. The number of benzene rings is 1. The summed E-state index contributed by atoms with van der Waals surface area (Å²) in [7, 11) is 1.73. The molecule has 0 unspecified atom stereocenters. The molecule has 1 N–H and O–H groups in total. The van der Waals surface area contributed by atoms with Gasteiger partial charge in [0.1, 0.15) is 0 Å². The van der Waals surface area contributed by atoms with Crippen LogP contribution in [0.5, 0.6) is 0 Å². The summed E-state index contributed by atoms with van der Waals surface area (Å²) in [6, 6.07) is 5.92. The molecule has 0 atom stereocenters. The lowest BCUT2D eigenvalue weighted by molar-refractivity contribution is -0.151. The molecule has 4 nitrogen and oxygen atoms in total. The van der Waals surface area contributed by atoms with E-state index >= 15 is 0 Å². The van der Waals surface area contributed by atoms with Crippen molar-refractivity contribution in [1.82, 2.24) is 0 Å². The van der Waals surface area contributed by atoms with Gasteiger partial charge in [0.2, 0.25) is 5.91 Å². The Morgan fingerprint density at radius 2 is 1.86 bits per heavy atom. The molecular weight excluding hydrogens is 266 g/mol. The van der Waals surface area contributed by atoms with Gasteiger partial charge in [0.15, 0.2) is 0 Å². The molecule has 114 valence electrons. The molecule has 0 bridgehead atoms. The second-order valence-corrected chi connectivity index (χ2v) is 6.21. The summed E-state index contributed by atoms with van der Waals surface area (Å²) in [5, 5.41) is 9.49. The maximum absolute atomic E-state index is 12.5. The minimum Gasteiger partial charge on any atom is -0.481 e. The third-order valence-electron chi connectivity index (χ3n) is 4.59. The Hall–Kier alpha value is -1.84. The van der Waals surface area contributed by atoms with Gasteiger partial charge in [-0.3, -0.25) is 9.59 Å². The van der Waals surface area contributed by atoms with E-state index in [1.807, 2.05) is 32.0 Å². The summed E-state index contributed by atoms with van der Waals surface area (Å²) < 4.78 is 0. The molecule has 0 saturated heterocycles. The second-order valence-electron chi connectivity index (χ2n) is 6.21. The highest BCUT2D eigenvalue weighted by atomic mass is 16.4. The molecule has 1 aromatic carbocycles. The van der Waals surface area contributed by atoms with Gasteiger partial charge >= 0.3 is 5.97 Å². The van der Waals surface area contributed by atoms with Crippen LogP contribution in [0, 0.1) is 19.3 Å². The van der Waals surface area contributed by atoms with Gasteiger partial charge in [0.05, 0.1) is 5.41 Å². The normalized spacial score (nSPS) is 16.7. The highest BCUT2D eigenvalue weighted by molar-refractivity contribution is 5.96. The number of carbonyl (C=O) groups is 2. The molecule has 1 aliphatic carbocycles. The minimum atomic E-state index is -0.857. The smallest absolute Gasteiger partial charge is 0.310 e. The summed E-state index contributed by atoms with van der Waals surface area (Å²) in [4.78, 5) is 25.7. The van der Waals surface area contributed by atoms with Gasteiger partial charge in [-0.25, -0.2) is 0 Å². The fraction of sp³-hybridized carbons (Fsp3) is 0.529. The fourth-order valence-corrected chi connectivity index (χ4v) is 3.24. The molecule has 4 heteroatoms. The van der Waals surface area contributed by atoms with Crippen molar-refractivity contribution in [2.75, 3.05) is 11.9 Å². The standard InChI is InChI=1S/C17H23NO3/c1-12-6-7-14(13(2)10-12)18(3)15(19)11-17(16(20)21)8-4-5-9-17/h6-7,10H,4-5,8-9,11H2,1-3H3,(H,20,21). The van der Waals surface area contributed by atoms with Gasteiger partial charge in [-0.2, -0.15) is 0 Å². The van der Waals surface area contributed by atoms with Crippen LogP contribution < -0.4 is 4.90 Å². The number of aryl methyl sites for hydroxylation is 2. The van der Waals surface area contributed by atoms with E-state index in [0.717, 1.165) is 29.7 Å². The highest BCUT2D eigenvalue weighted by Gasteiger charge is 2.43. The number of amides is 1. The largest absolute Gasteiger partial charge is 0.481 e. The van der Waals surface area contributed by atoms with Gasteiger partial charge in [0.25, 0.3) is 0 Å². The Balaban J connectivity index is 2.17. The molecule has 1 saturated carbocycles. The fourth-order valence-electron chi connectivity index (χ4n) is 3.24. The van der Waals surface area contributed by atoms with Gasteiger partial charge in [-0.1, -0.05) is 30.5 Å². The van der Waals surface area contributed by atoms with Crippen LogP contribution >= 0.6 is 0 Å². The van der Waals surface area contributed by atoms with E-state index in [1.54, 1.807) is 11.9 Å². The van der Waals surface area contributed by atoms with Crippen molar-refractivity contribution in [2.24, 2.45) is 5.41 Å². The zero-order chi connectivity index (χ0) is 15.6. The van der Waals surface area contributed by atoms with Crippen LogP contribution in [0.3, 0.4) is 0 Å². The lowest BCUT2D eigenvalue weighted by atomic mass is 9.82. The van der Waals surface area contributed by atoms with Crippen LogP contribution in [0.2, 0.25) is 0 Å². The maximum Gasteiger partial charge on any atom is 0.310 e. The van der Waals surface area contributed by atoms with E-state index < -0.39 is 11.4 Å². The number of carboxylic acids is 1. The first-order valence-electron chi connectivity index (χ1n) is 7.43. The molecule has 0 aromatic heterocycles. The quantitative estimate of drug-likeness (QED) is 0.925. The first-order chi connectivity index (χ1) is 9.85. The summed E-state index contributed by atoms with van der Waals surface area (Å²) in [6.07, 6.45) is 3.09. The molecule has 0 radical (unpaired) electrons. The summed E-state index contributed by atoms with van der Waals surface area (Å²) >= 11 is 0. The Bertz CT molecular complexity index is 559. The number of anilines is 1. The summed E-state index contributed by atoms with van der Waals surface area (Å²) in [6.45, 7) is 3.98. The van der Waals surface area contributed by atoms with E-state index in [2.05, 4.69) is 0 Å². The van der Waals surface area contributed by atoms with Crippen LogP contribution in [0.1, 0.15) is 43.2 Å². The van der Waals surface area contributed by atoms with Crippen molar-refractivity contribution < 1.29 is 14.7 Å². The van der Waals surface area contributed by atoms with Gasteiger partial charge in [0, 0.05) is 19.2 Å². The zero-order valence-corrected chi connectivity index (χ0v) is 13.0. The lowest BCUT2D eigenvalue weighted by Crippen LogP contribution is -2.37. The molecule has 21 heavy (non-hydrogen) atoms. The number of hydrogen-bond acceptors (Lipinski definition) is 2. The molecule has 2 rings (SSSR count). The van der Waals surface area contributed by atoms with Crippen molar-refractivity contribution in [3.8, 4) is 0 Å². The van der Waals surface area contributed by atoms with E-state index in [9.17, 15) is 14.7 Å². The number of rotatable bonds is 4. The minimum absolute atomic E-state index is 0.0894. The SMILES string of the molecule is Cc1ccc(N(C)C(=O)CC2(C(=O)O)CCCC2)c(C)c1. The van der Waals surface area contributed by atoms with Gasteiger partial charge < -0.3 is 10.0 Å². The molecule has 1 fully saturated rings. The summed E-state index contributed by atoms with van der Waals surface area (Å²) in [5.74, 6) is -0.950. The average Bonchev–Trinajstić information content (AvgIpc) is 2.88. The van der Waals surface area contributed by atoms with Crippen molar-refractivity contribution in [2.45, 2.75) is 46.0 Å². The number of hydrogen-bond donors (Lipinski definition) is 1. The predicted octanol–water partition coefficient (Wildman–Crippen LogP) is 3.30. The molecular formula is C17H23NO3. The first kappa shape index (κ1) is 15.5. The van der Waals surface area contributed by atoms with Crippen molar-refractivity contribution in [1.29, 1.82) is 0 Å². The topological polar surface area (TPSA) is 57.6 Å². The second kappa shape index (κ2) is 5.88. The number of nitrogens with zero attached hydrogens (tertiary/aromatic N) is 1. The van der Waals surface area contributed by atoms with Crippen LogP contribution in [-0.4, -0.2) is 24.0 Å². The Kier molecular flexibility index (Phi) is 4.35. The van der Waals surface area contributed by atoms with Gasteiger partial charge in [-0.05, 0) is 38.3 Å². The Labute approximate surface area is 125 Å². The van der Waals surface area contributed by atoms with Crippen LogP contribution in [0.4, 0.5) is 5.69 Å². The average molecular weight is 289 g/mol. The van der Waals surface area contributed by atoms with Gasteiger partial charge in [-0.15, -0.1) is 0 Å².